The van der Waals surface area contributed by atoms with Crippen molar-refractivity contribution in [2.75, 3.05) is 7.05 Å². The zero-order chi connectivity index (χ0) is 13.7. The van der Waals surface area contributed by atoms with Gasteiger partial charge in [0.15, 0.2) is 0 Å². The second-order valence-corrected chi connectivity index (χ2v) is 4.35. The Kier molecular flexibility index (Phi) is 4.30. The molecule has 5 heteroatoms. The van der Waals surface area contributed by atoms with E-state index in [1.807, 2.05) is 42.0 Å². The van der Waals surface area contributed by atoms with E-state index >= 15 is 0 Å². The molecule has 0 bridgehead atoms. The van der Waals surface area contributed by atoms with E-state index in [-0.39, 0.29) is 11.9 Å². The molecule has 19 heavy (non-hydrogen) atoms. The lowest BCUT2D eigenvalue weighted by Crippen LogP contribution is -2.40. The average molecular weight is 258 g/mol. The summed E-state index contributed by atoms with van der Waals surface area (Å²) in [6.45, 7) is 2.51. The summed E-state index contributed by atoms with van der Waals surface area (Å²) in [4.78, 5) is 15.4. The third-order valence-corrected chi connectivity index (χ3v) is 2.99. The summed E-state index contributed by atoms with van der Waals surface area (Å²) in [5.41, 5.74) is 2.21. The summed E-state index contributed by atoms with van der Waals surface area (Å²) in [7, 11) is 1.64. The summed E-state index contributed by atoms with van der Waals surface area (Å²) >= 11 is 0. The van der Waals surface area contributed by atoms with E-state index in [2.05, 4.69) is 15.6 Å². The van der Waals surface area contributed by atoms with Gasteiger partial charge in [-0.1, -0.05) is 12.1 Å². The van der Waals surface area contributed by atoms with Crippen molar-refractivity contribution in [2.45, 2.75) is 19.5 Å². The largest absolute Gasteiger partial charge is 0.358 e. The normalized spacial score (nSPS) is 12.1. The molecule has 0 spiro atoms. The number of imidazole rings is 1. The van der Waals surface area contributed by atoms with Crippen LogP contribution in [0.15, 0.2) is 43.0 Å². The highest BCUT2D eigenvalue weighted by Gasteiger charge is 2.09. The summed E-state index contributed by atoms with van der Waals surface area (Å²) in [5.74, 6) is -0.00460. The Hall–Kier alpha value is -2.14. The summed E-state index contributed by atoms with van der Waals surface area (Å²) in [6.07, 6.45) is 5.42. The standard InChI is InChI=1S/C14H18N4O/c1-11(14(19)15-2)17-9-12-3-5-13(6-4-12)18-8-7-16-10-18/h3-8,10-11,17H,9H2,1-2H3,(H,15,19). The first-order valence-corrected chi connectivity index (χ1v) is 6.23. The van der Waals surface area contributed by atoms with E-state index in [1.54, 1.807) is 19.6 Å². The molecule has 0 aliphatic carbocycles. The molecule has 0 saturated carbocycles. The van der Waals surface area contributed by atoms with Crippen LogP contribution < -0.4 is 10.6 Å². The number of aromatic nitrogens is 2. The van der Waals surface area contributed by atoms with Gasteiger partial charge < -0.3 is 15.2 Å². The van der Waals surface area contributed by atoms with Gasteiger partial charge in [-0.05, 0) is 24.6 Å². The molecular weight excluding hydrogens is 240 g/mol. The van der Waals surface area contributed by atoms with Crippen molar-refractivity contribution in [2.24, 2.45) is 0 Å². The minimum atomic E-state index is -0.196. The Morgan fingerprint density at radius 2 is 2.11 bits per heavy atom. The van der Waals surface area contributed by atoms with E-state index in [1.165, 1.54) is 0 Å². The van der Waals surface area contributed by atoms with E-state index < -0.39 is 0 Å². The van der Waals surface area contributed by atoms with E-state index in [0.717, 1.165) is 11.3 Å². The van der Waals surface area contributed by atoms with Crippen LogP contribution in [0.1, 0.15) is 12.5 Å². The van der Waals surface area contributed by atoms with E-state index in [0.29, 0.717) is 6.54 Å². The predicted molar refractivity (Wildman–Crippen MR) is 73.9 cm³/mol. The maximum atomic E-state index is 11.4. The van der Waals surface area contributed by atoms with Crippen molar-refractivity contribution in [3.63, 3.8) is 0 Å². The second-order valence-electron chi connectivity index (χ2n) is 4.35. The van der Waals surface area contributed by atoms with Crippen LogP contribution in [0.5, 0.6) is 0 Å². The zero-order valence-electron chi connectivity index (χ0n) is 11.1. The van der Waals surface area contributed by atoms with Gasteiger partial charge in [-0.2, -0.15) is 0 Å². The fraction of sp³-hybridized carbons (Fsp3) is 0.286. The topological polar surface area (TPSA) is 59.0 Å². The lowest BCUT2D eigenvalue weighted by molar-refractivity contribution is -0.122. The van der Waals surface area contributed by atoms with Gasteiger partial charge in [-0.25, -0.2) is 4.98 Å². The number of nitrogens with one attached hydrogen (secondary N) is 2. The molecule has 1 atom stereocenters. The molecule has 1 unspecified atom stereocenters. The Bertz CT molecular complexity index is 519. The van der Waals surface area contributed by atoms with Gasteiger partial charge in [0.1, 0.15) is 0 Å². The molecule has 2 N–H and O–H groups in total. The second kappa shape index (κ2) is 6.15. The van der Waals surface area contributed by atoms with E-state index in [4.69, 9.17) is 0 Å². The van der Waals surface area contributed by atoms with Crippen molar-refractivity contribution >= 4 is 5.91 Å². The number of rotatable bonds is 5. The van der Waals surface area contributed by atoms with Crippen molar-refractivity contribution in [1.29, 1.82) is 0 Å². The first-order chi connectivity index (χ1) is 9.20. The number of carbonyl (C=O) groups is 1. The Morgan fingerprint density at radius 3 is 2.68 bits per heavy atom. The van der Waals surface area contributed by atoms with Crippen LogP contribution in [0.4, 0.5) is 0 Å². The van der Waals surface area contributed by atoms with Crippen LogP contribution >= 0.6 is 0 Å². The van der Waals surface area contributed by atoms with Gasteiger partial charge in [0.2, 0.25) is 5.91 Å². The van der Waals surface area contributed by atoms with Gasteiger partial charge in [0.25, 0.3) is 0 Å². The first kappa shape index (κ1) is 13.3. The molecule has 0 saturated heterocycles. The van der Waals surface area contributed by atoms with E-state index in [9.17, 15) is 4.79 Å². The maximum Gasteiger partial charge on any atom is 0.236 e. The minimum Gasteiger partial charge on any atom is -0.358 e. The zero-order valence-corrected chi connectivity index (χ0v) is 11.1. The first-order valence-electron chi connectivity index (χ1n) is 6.23. The van der Waals surface area contributed by atoms with Crippen LogP contribution in [0, 0.1) is 0 Å². The van der Waals surface area contributed by atoms with Crippen LogP contribution in [0.2, 0.25) is 0 Å². The van der Waals surface area contributed by atoms with Crippen LogP contribution in [0.3, 0.4) is 0 Å². The van der Waals surface area contributed by atoms with Gasteiger partial charge in [-0.3, -0.25) is 4.79 Å². The van der Waals surface area contributed by atoms with Crippen molar-refractivity contribution < 1.29 is 4.79 Å². The number of carbonyl (C=O) groups excluding carboxylic acids is 1. The number of nitrogens with zero attached hydrogens (tertiary/aromatic N) is 2. The van der Waals surface area contributed by atoms with Crippen molar-refractivity contribution in [3.8, 4) is 5.69 Å². The predicted octanol–water partition coefficient (Wildman–Crippen LogP) is 1.10. The van der Waals surface area contributed by atoms with Gasteiger partial charge in [-0.15, -0.1) is 0 Å². The maximum absolute atomic E-state index is 11.4. The molecule has 1 heterocycles. The molecule has 1 amide bonds. The lowest BCUT2D eigenvalue weighted by atomic mass is 10.2. The smallest absolute Gasteiger partial charge is 0.236 e. The fourth-order valence-corrected chi connectivity index (χ4v) is 1.78. The molecule has 2 aromatic rings. The average Bonchev–Trinajstić information content (AvgIpc) is 2.98. The van der Waals surface area contributed by atoms with Crippen LogP contribution in [-0.4, -0.2) is 28.5 Å². The molecule has 0 aliphatic rings. The molecule has 1 aromatic heterocycles. The van der Waals surface area contributed by atoms with Crippen molar-refractivity contribution in [1.82, 2.24) is 20.2 Å². The molecule has 1 aromatic carbocycles. The molecule has 100 valence electrons. The molecule has 5 nitrogen and oxygen atoms in total. The quantitative estimate of drug-likeness (QED) is 0.844. The number of amides is 1. The van der Waals surface area contributed by atoms with Gasteiger partial charge in [0.05, 0.1) is 12.4 Å². The van der Waals surface area contributed by atoms with Crippen LogP contribution in [0.25, 0.3) is 5.69 Å². The Morgan fingerprint density at radius 1 is 1.37 bits per heavy atom. The molecule has 0 aliphatic heterocycles. The minimum absolute atomic E-state index is 0.00460. The summed E-state index contributed by atoms with van der Waals surface area (Å²) in [5, 5.41) is 5.79. The Labute approximate surface area is 112 Å². The SMILES string of the molecule is CNC(=O)C(C)NCc1ccc(-n2ccnc2)cc1. The molecule has 2 rings (SSSR count). The number of benzene rings is 1. The van der Waals surface area contributed by atoms with Crippen molar-refractivity contribution in [3.05, 3.63) is 48.5 Å². The van der Waals surface area contributed by atoms with Gasteiger partial charge in [0, 0.05) is 31.7 Å². The highest BCUT2D eigenvalue weighted by molar-refractivity contribution is 5.80. The third-order valence-electron chi connectivity index (χ3n) is 2.99. The molecule has 0 radical (unpaired) electrons. The third kappa shape index (κ3) is 3.42. The highest BCUT2D eigenvalue weighted by atomic mass is 16.2. The number of hydrogen-bond donors (Lipinski definition) is 2. The fourth-order valence-electron chi connectivity index (χ4n) is 1.78. The molecular formula is C14H18N4O. The van der Waals surface area contributed by atoms with Gasteiger partial charge >= 0.3 is 0 Å². The number of hydrogen-bond acceptors (Lipinski definition) is 3. The summed E-state index contributed by atoms with van der Waals surface area (Å²) in [6, 6.07) is 7.95. The summed E-state index contributed by atoms with van der Waals surface area (Å²) < 4.78 is 1.95. The number of likely N-dealkylation sites (N-methyl/N-ethyl adjacent to an activating group) is 1. The monoisotopic (exact) mass is 258 g/mol. The van der Waals surface area contributed by atoms with Crippen LogP contribution in [-0.2, 0) is 11.3 Å². The highest BCUT2D eigenvalue weighted by Crippen LogP contribution is 2.09. The Balaban J connectivity index is 1.94. The molecule has 0 fully saturated rings. The lowest BCUT2D eigenvalue weighted by Gasteiger charge is -2.12.